The molecular formula is C23H19Cl3O3. The molecular weight excluding hydrogens is 431 g/mol. The lowest BCUT2D eigenvalue weighted by atomic mass is 10.1. The number of ketones is 1. The molecule has 0 radical (unpaired) electrons. The number of halogens is 3. The third-order valence-corrected chi connectivity index (χ3v) is 4.81. The second kappa shape index (κ2) is 9.53. The van der Waals surface area contributed by atoms with Crippen molar-refractivity contribution < 1.29 is 14.3 Å². The fraction of sp³-hybridized carbons (Fsp3) is 0.174. The maximum absolute atomic E-state index is 12.1. The van der Waals surface area contributed by atoms with E-state index in [2.05, 4.69) is 0 Å². The highest BCUT2D eigenvalue weighted by Crippen LogP contribution is 2.33. The highest BCUT2D eigenvalue weighted by molar-refractivity contribution is 6.34. The number of carbonyl (C=O) groups excluding carboxylic acids is 1. The van der Waals surface area contributed by atoms with Crippen LogP contribution in [-0.2, 0) is 13.2 Å². The minimum absolute atomic E-state index is 0.117. The summed E-state index contributed by atoms with van der Waals surface area (Å²) >= 11 is 18.2. The molecule has 3 aromatic rings. The van der Waals surface area contributed by atoms with Crippen molar-refractivity contribution in [1.82, 2.24) is 0 Å². The van der Waals surface area contributed by atoms with Crippen LogP contribution in [0, 0.1) is 6.92 Å². The van der Waals surface area contributed by atoms with Gasteiger partial charge in [0.05, 0.1) is 5.56 Å². The van der Waals surface area contributed by atoms with Gasteiger partial charge in [-0.3, -0.25) is 4.79 Å². The van der Waals surface area contributed by atoms with Crippen LogP contribution in [0.5, 0.6) is 11.5 Å². The summed E-state index contributed by atoms with van der Waals surface area (Å²) in [5, 5.41) is 1.68. The van der Waals surface area contributed by atoms with Crippen molar-refractivity contribution >= 4 is 40.6 Å². The fourth-order valence-electron chi connectivity index (χ4n) is 2.96. The van der Waals surface area contributed by atoms with Crippen molar-refractivity contribution in [2.45, 2.75) is 27.1 Å². The summed E-state index contributed by atoms with van der Waals surface area (Å²) in [6.45, 7) is 3.94. The highest BCUT2D eigenvalue weighted by Gasteiger charge is 2.15. The first-order chi connectivity index (χ1) is 13.8. The van der Waals surface area contributed by atoms with E-state index in [4.69, 9.17) is 44.3 Å². The first-order valence-electron chi connectivity index (χ1n) is 8.92. The number of benzene rings is 3. The maximum atomic E-state index is 12.1. The van der Waals surface area contributed by atoms with Gasteiger partial charge in [0, 0.05) is 15.1 Å². The molecule has 0 spiro atoms. The molecule has 0 aromatic heterocycles. The molecule has 0 heterocycles. The first-order valence-corrected chi connectivity index (χ1v) is 10.1. The maximum Gasteiger partial charge on any atom is 0.172 e. The molecule has 3 rings (SSSR count). The van der Waals surface area contributed by atoms with Gasteiger partial charge >= 0.3 is 0 Å². The Labute approximate surface area is 185 Å². The standard InChI is InChI=1S/C23H19Cl3O3/c1-14-6-16(8-18(24)7-14)12-28-22-5-3-4-21(15(2)27)23(22)29-13-17-9-19(25)11-20(26)10-17/h3-11H,12-13H2,1-2H3. The number of para-hydroxylation sites is 1. The van der Waals surface area contributed by atoms with Crippen LogP contribution in [-0.4, -0.2) is 5.78 Å². The lowest BCUT2D eigenvalue weighted by molar-refractivity contribution is 0.101. The molecule has 0 N–H and O–H groups in total. The monoisotopic (exact) mass is 448 g/mol. The number of ether oxygens (including phenoxy) is 2. The first kappa shape index (κ1) is 21.5. The Balaban J connectivity index is 1.85. The predicted molar refractivity (Wildman–Crippen MR) is 118 cm³/mol. The summed E-state index contributed by atoms with van der Waals surface area (Å²) < 4.78 is 11.9. The van der Waals surface area contributed by atoms with Gasteiger partial charge in [-0.05, 0) is 73.0 Å². The molecule has 0 atom stereocenters. The number of carbonyl (C=O) groups is 1. The highest BCUT2D eigenvalue weighted by atomic mass is 35.5. The van der Waals surface area contributed by atoms with Crippen LogP contribution in [0.25, 0.3) is 0 Å². The van der Waals surface area contributed by atoms with Crippen molar-refractivity contribution in [1.29, 1.82) is 0 Å². The number of aryl methyl sites for hydroxylation is 1. The van der Waals surface area contributed by atoms with E-state index in [1.165, 1.54) is 6.92 Å². The van der Waals surface area contributed by atoms with Crippen molar-refractivity contribution in [2.24, 2.45) is 0 Å². The van der Waals surface area contributed by atoms with Gasteiger partial charge in [0.2, 0.25) is 0 Å². The molecule has 150 valence electrons. The molecule has 0 saturated carbocycles. The molecule has 0 bridgehead atoms. The van der Waals surface area contributed by atoms with Gasteiger partial charge in [0.25, 0.3) is 0 Å². The molecule has 3 aromatic carbocycles. The smallest absolute Gasteiger partial charge is 0.172 e. The summed E-state index contributed by atoms with van der Waals surface area (Å²) in [5.74, 6) is 0.742. The predicted octanol–water partition coefficient (Wildman–Crippen LogP) is 7.32. The zero-order valence-electron chi connectivity index (χ0n) is 16.0. The SMILES string of the molecule is CC(=O)c1cccc(OCc2cc(C)cc(Cl)c2)c1OCc1cc(Cl)cc(Cl)c1. The lowest BCUT2D eigenvalue weighted by Gasteiger charge is -2.16. The summed E-state index contributed by atoms with van der Waals surface area (Å²) in [6, 6.07) is 16.1. The van der Waals surface area contributed by atoms with Crippen LogP contribution in [0.3, 0.4) is 0 Å². The van der Waals surface area contributed by atoms with E-state index in [0.717, 1.165) is 16.7 Å². The van der Waals surface area contributed by atoms with E-state index in [-0.39, 0.29) is 12.4 Å². The largest absolute Gasteiger partial charge is 0.485 e. The van der Waals surface area contributed by atoms with Crippen LogP contribution < -0.4 is 9.47 Å². The number of hydrogen-bond donors (Lipinski definition) is 0. The van der Waals surface area contributed by atoms with Gasteiger partial charge in [0.1, 0.15) is 13.2 Å². The van der Waals surface area contributed by atoms with Crippen LogP contribution in [0.2, 0.25) is 15.1 Å². The second-order valence-corrected chi connectivity index (χ2v) is 7.99. The number of rotatable bonds is 7. The zero-order valence-corrected chi connectivity index (χ0v) is 18.2. The van der Waals surface area contributed by atoms with Crippen LogP contribution >= 0.6 is 34.8 Å². The lowest BCUT2D eigenvalue weighted by Crippen LogP contribution is -2.05. The van der Waals surface area contributed by atoms with E-state index >= 15 is 0 Å². The van der Waals surface area contributed by atoms with Gasteiger partial charge in [-0.2, -0.15) is 0 Å². The molecule has 0 saturated heterocycles. The van der Waals surface area contributed by atoms with E-state index in [1.807, 2.05) is 25.1 Å². The van der Waals surface area contributed by atoms with Crippen molar-refractivity contribution in [3.8, 4) is 11.5 Å². The molecule has 0 fully saturated rings. The molecule has 3 nitrogen and oxygen atoms in total. The van der Waals surface area contributed by atoms with Crippen molar-refractivity contribution in [3.05, 3.63) is 91.9 Å². The van der Waals surface area contributed by atoms with Crippen molar-refractivity contribution in [3.63, 3.8) is 0 Å². The Hall–Kier alpha value is -2.20. The van der Waals surface area contributed by atoms with Gasteiger partial charge in [-0.1, -0.05) is 46.9 Å². The molecule has 0 amide bonds. The molecule has 29 heavy (non-hydrogen) atoms. The minimum atomic E-state index is -0.117. The summed E-state index contributed by atoms with van der Waals surface area (Å²) in [6.07, 6.45) is 0. The number of Topliss-reactive ketones (excluding diaryl/α,β-unsaturated/α-hetero) is 1. The zero-order chi connectivity index (χ0) is 21.0. The van der Waals surface area contributed by atoms with Crippen LogP contribution in [0.15, 0.2) is 54.6 Å². The Morgan fingerprint density at radius 1 is 0.828 bits per heavy atom. The van der Waals surface area contributed by atoms with E-state index in [1.54, 1.807) is 36.4 Å². The molecule has 0 aliphatic carbocycles. The Kier molecular flexibility index (Phi) is 7.07. The van der Waals surface area contributed by atoms with E-state index in [9.17, 15) is 4.79 Å². The van der Waals surface area contributed by atoms with Gasteiger partial charge < -0.3 is 9.47 Å². The second-order valence-electron chi connectivity index (χ2n) is 6.68. The van der Waals surface area contributed by atoms with Crippen LogP contribution in [0.1, 0.15) is 34.0 Å². The Morgan fingerprint density at radius 2 is 1.41 bits per heavy atom. The molecule has 0 unspecified atom stereocenters. The topological polar surface area (TPSA) is 35.5 Å². The summed E-state index contributed by atoms with van der Waals surface area (Å²) in [4.78, 5) is 12.1. The Morgan fingerprint density at radius 3 is 2.03 bits per heavy atom. The quantitative estimate of drug-likeness (QED) is 0.355. The summed E-state index contributed by atoms with van der Waals surface area (Å²) in [5.41, 5.74) is 3.20. The molecule has 6 heteroatoms. The molecule has 0 aliphatic rings. The van der Waals surface area contributed by atoms with E-state index < -0.39 is 0 Å². The minimum Gasteiger partial charge on any atom is -0.485 e. The average Bonchev–Trinajstić information content (AvgIpc) is 2.63. The van der Waals surface area contributed by atoms with Crippen LogP contribution in [0.4, 0.5) is 0 Å². The normalized spacial score (nSPS) is 10.7. The van der Waals surface area contributed by atoms with Gasteiger partial charge in [-0.15, -0.1) is 0 Å². The van der Waals surface area contributed by atoms with Gasteiger partial charge in [0.15, 0.2) is 17.3 Å². The van der Waals surface area contributed by atoms with Gasteiger partial charge in [-0.25, -0.2) is 0 Å². The number of hydrogen-bond acceptors (Lipinski definition) is 3. The average molecular weight is 450 g/mol. The van der Waals surface area contributed by atoms with E-state index in [0.29, 0.717) is 38.7 Å². The molecule has 0 aliphatic heterocycles. The fourth-order valence-corrected chi connectivity index (χ4v) is 3.85. The third-order valence-electron chi connectivity index (χ3n) is 4.16. The third kappa shape index (κ3) is 5.89. The summed E-state index contributed by atoms with van der Waals surface area (Å²) in [7, 11) is 0. The Bertz CT molecular complexity index is 1010. The van der Waals surface area contributed by atoms with Crippen molar-refractivity contribution in [2.75, 3.05) is 0 Å².